The van der Waals surface area contributed by atoms with Crippen molar-refractivity contribution in [2.75, 3.05) is 49.5 Å². The molecule has 8 nitrogen and oxygen atoms in total. The summed E-state index contributed by atoms with van der Waals surface area (Å²) in [5.41, 5.74) is 3.83. The predicted molar refractivity (Wildman–Crippen MR) is 152 cm³/mol. The lowest BCUT2D eigenvalue weighted by atomic mass is 9.73. The van der Waals surface area contributed by atoms with Gasteiger partial charge in [-0.3, -0.25) is 9.59 Å². The van der Waals surface area contributed by atoms with Gasteiger partial charge in [0.15, 0.2) is 5.78 Å². The van der Waals surface area contributed by atoms with E-state index < -0.39 is 6.04 Å². The van der Waals surface area contributed by atoms with Crippen LogP contribution in [0.3, 0.4) is 0 Å². The zero-order valence-corrected chi connectivity index (χ0v) is 23.5. The normalized spacial score (nSPS) is 20.6. The number of piperazine rings is 1. The van der Waals surface area contributed by atoms with Crippen molar-refractivity contribution < 1.29 is 19.1 Å². The standard InChI is InChI=1S/C30H35ClN4O4/c1-4-39-29(38)34-15-13-33(14-16-34)26(37)19-35-24-12-8-7-11-22(24)32-23-17-30(2,3)18-25(36)27(23)28(35)20-9-5-6-10-21(20)31/h5-12,28,32H,4,13-19H2,1-3H3. The van der Waals surface area contributed by atoms with Crippen LogP contribution < -0.4 is 10.2 Å². The van der Waals surface area contributed by atoms with Crippen LogP contribution in [-0.4, -0.2) is 66.9 Å². The molecule has 5 rings (SSSR count). The summed E-state index contributed by atoms with van der Waals surface area (Å²) in [6, 6.07) is 14.9. The molecular formula is C30H35ClN4O4. The number of Topliss-reactive ketones (excluding diaryl/α,β-unsaturated/α-hetero) is 1. The van der Waals surface area contributed by atoms with Crippen molar-refractivity contribution in [2.24, 2.45) is 5.41 Å². The van der Waals surface area contributed by atoms with Gasteiger partial charge in [-0.05, 0) is 42.5 Å². The number of ketones is 1. The number of anilines is 2. The molecule has 1 saturated heterocycles. The Balaban J connectivity index is 1.53. The fourth-order valence-electron chi connectivity index (χ4n) is 5.85. The number of allylic oxidation sites excluding steroid dienone is 1. The van der Waals surface area contributed by atoms with Crippen molar-refractivity contribution in [2.45, 2.75) is 39.7 Å². The number of rotatable bonds is 4. The first-order valence-electron chi connectivity index (χ1n) is 13.5. The number of benzene rings is 2. The number of carbonyl (C=O) groups excluding carboxylic acids is 3. The monoisotopic (exact) mass is 550 g/mol. The van der Waals surface area contributed by atoms with E-state index in [0.29, 0.717) is 56.2 Å². The summed E-state index contributed by atoms with van der Waals surface area (Å²) < 4.78 is 5.12. The number of hydrogen-bond acceptors (Lipinski definition) is 6. The predicted octanol–water partition coefficient (Wildman–Crippen LogP) is 5.26. The maximum absolute atomic E-state index is 13.8. The van der Waals surface area contributed by atoms with Crippen molar-refractivity contribution in [1.29, 1.82) is 0 Å². The number of amides is 2. The van der Waals surface area contributed by atoms with Crippen LogP contribution in [0.1, 0.15) is 45.2 Å². The van der Waals surface area contributed by atoms with Crippen molar-refractivity contribution in [3.8, 4) is 0 Å². The molecule has 0 spiro atoms. The molecule has 1 unspecified atom stereocenters. The summed E-state index contributed by atoms with van der Waals surface area (Å²) in [6.45, 7) is 8.04. The number of ether oxygens (including phenoxy) is 1. The number of para-hydroxylation sites is 2. The van der Waals surface area contributed by atoms with Crippen molar-refractivity contribution in [3.05, 3.63) is 70.4 Å². The smallest absolute Gasteiger partial charge is 0.409 e. The summed E-state index contributed by atoms with van der Waals surface area (Å²) in [7, 11) is 0. The number of halogens is 1. The van der Waals surface area contributed by atoms with E-state index in [4.69, 9.17) is 16.3 Å². The molecule has 2 amide bonds. The van der Waals surface area contributed by atoms with Crippen molar-refractivity contribution >= 4 is 40.8 Å². The number of nitrogens with zero attached hydrogens (tertiary/aromatic N) is 3. The van der Waals surface area contributed by atoms with Crippen LogP contribution in [0.5, 0.6) is 0 Å². The summed E-state index contributed by atoms with van der Waals surface area (Å²) in [5, 5.41) is 4.12. The van der Waals surface area contributed by atoms with Gasteiger partial charge >= 0.3 is 6.09 Å². The second-order valence-corrected chi connectivity index (χ2v) is 11.5. The molecule has 0 bridgehead atoms. The highest BCUT2D eigenvalue weighted by molar-refractivity contribution is 6.31. The molecule has 0 aromatic heterocycles. The van der Waals surface area contributed by atoms with Crippen LogP contribution in [-0.2, 0) is 14.3 Å². The minimum atomic E-state index is -0.529. The highest BCUT2D eigenvalue weighted by Crippen LogP contribution is 2.49. The van der Waals surface area contributed by atoms with Crippen molar-refractivity contribution in [1.82, 2.24) is 9.80 Å². The van der Waals surface area contributed by atoms with Gasteiger partial charge in [-0.2, -0.15) is 0 Å². The molecule has 2 heterocycles. The molecule has 2 aromatic rings. The molecule has 1 atom stereocenters. The van der Waals surface area contributed by atoms with Gasteiger partial charge in [0.1, 0.15) is 0 Å². The van der Waals surface area contributed by atoms with E-state index in [0.717, 1.165) is 22.6 Å². The lowest BCUT2D eigenvalue weighted by Crippen LogP contribution is -2.53. The van der Waals surface area contributed by atoms with E-state index in [1.54, 1.807) is 16.7 Å². The van der Waals surface area contributed by atoms with Gasteiger partial charge in [0, 0.05) is 48.9 Å². The zero-order valence-electron chi connectivity index (χ0n) is 22.7. The highest BCUT2D eigenvalue weighted by Gasteiger charge is 2.42. The van der Waals surface area contributed by atoms with Gasteiger partial charge in [0.2, 0.25) is 5.91 Å². The van der Waals surface area contributed by atoms with Gasteiger partial charge in [-0.1, -0.05) is 55.8 Å². The van der Waals surface area contributed by atoms with Gasteiger partial charge < -0.3 is 24.8 Å². The average molecular weight is 551 g/mol. The summed E-state index contributed by atoms with van der Waals surface area (Å²) in [6.07, 6.45) is 0.776. The molecule has 2 aliphatic heterocycles. The van der Waals surface area contributed by atoms with E-state index in [1.165, 1.54) is 0 Å². The number of carbonyl (C=O) groups is 3. The topological polar surface area (TPSA) is 82.2 Å². The molecule has 1 N–H and O–H groups in total. The fraction of sp³-hybridized carbons (Fsp3) is 0.433. The van der Waals surface area contributed by atoms with E-state index in [1.807, 2.05) is 53.4 Å². The SMILES string of the molecule is CCOC(=O)N1CCN(C(=O)CN2c3ccccc3NC3=C(C(=O)CC(C)(C)C3)C2c2ccccc2Cl)CC1. The van der Waals surface area contributed by atoms with Crippen LogP contribution >= 0.6 is 11.6 Å². The first kappa shape index (κ1) is 27.1. The highest BCUT2D eigenvalue weighted by atomic mass is 35.5. The van der Waals surface area contributed by atoms with Crippen LogP contribution in [0.25, 0.3) is 0 Å². The first-order chi connectivity index (χ1) is 18.7. The lowest BCUT2D eigenvalue weighted by molar-refractivity contribution is -0.131. The lowest BCUT2D eigenvalue weighted by Gasteiger charge is -2.40. The largest absolute Gasteiger partial charge is 0.450 e. The molecule has 1 fully saturated rings. The molecule has 1 aliphatic carbocycles. The van der Waals surface area contributed by atoms with E-state index in [9.17, 15) is 14.4 Å². The van der Waals surface area contributed by atoms with Gasteiger partial charge in [-0.15, -0.1) is 0 Å². The summed E-state index contributed by atoms with van der Waals surface area (Å²) in [4.78, 5) is 45.2. The first-order valence-corrected chi connectivity index (χ1v) is 13.9. The third-order valence-electron chi connectivity index (χ3n) is 7.67. The Bertz CT molecular complexity index is 1320. The molecule has 0 radical (unpaired) electrons. The fourth-order valence-corrected chi connectivity index (χ4v) is 6.09. The second-order valence-electron chi connectivity index (χ2n) is 11.1. The maximum atomic E-state index is 13.8. The van der Waals surface area contributed by atoms with Gasteiger partial charge in [-0.25, -0.2) is 4.79 Å². The molecule has 0 saturated carbocycles. The van der Waals surface area contributed by atoms with Crippen molar-refractivity contribution in [3.63, 3.8) is 0 Å². The minimum Gasteiger partial charge on any atom is -0.450 e. The van der Waals surface area contributed by atoms with E-state index in [2.05, 4.69) is 19.2 Å². The Morgan fingerprint density at radius 2 is 1.67 bits per heavy atom. The molecule has 39 heavy (non-hydrogen) atoms. The van der Waals surface area contributed by atoms with Crippen LogP contribution in [0.15, 0.2) is 59.8 Å². The Morgan fingerprint density at radius 3 is 2.38 bits per heavy atom. The molecule has 206 valence electrons. The van der Waals surface area contributed by atoms with Gasteiger partial charge in [0.25, 0.3) is 0 Å². The van der Waals surface area contributed by atoms with Gasteiger partial charge in [0.05, 0.1) is 30.6 Å². The third kappa shape index (κ3) is 5.48. The average Bonchev–Trinajstić information content (AvgIpc) is 3.03. The Hall–Kier alpha value is -3.52. The Morgan fingerprint density at radius 1 is 1.00 bits per heavy atom. The molecule has 9 heteroatoms. The minimum absolute atomic E-state index is 0.0570. The number of fused-ring (bicyclic) bond motifs is 1. The number of nitrogens with one attached hydrogen (secondary N) is 1. The van der Waals surface area contributed by atoms with Crippen LogP contribution in [0.2, 0.25) is 5.02 Å². The summed E-state index contributed by atoms with van der Waals surface area (Å²) >= 11 is 6.77. The van der Waals surface area contributed by atoms with Crippen LogP contribution in [0.4, 0.5) is 16.2 Å². The summed E-state index contributed by atoms with van der Waals surface area (Å²) in [5.74, 6) is -0.00928. The quantitative estimate of drug-likeness (QED) is 0.559. The Kier molecular flexibility index (Phi) is 7.58. The number of hydrogen-bond donors (Lipinski definition) is 1. The Labute approximate surface area is 234 Å². The second kappa shape index (κ2) is 10.9. The van der Waals surface area contributed by atoms with Crippen LogP contribution in [0, 0.1) is 5.41 Å². The third-order valence-corrected chi connectivity index (χ3v) is 8.01. The van der Waals surface area contributed by atoms with E-state index >= 15 is 0 Å². The molecule has 3 aliphatic rings. The zero-order chi connectivity index (χ0) is 27.7. The molecule has 2 aromatic carbocycles. The molecular weight excluding hydrogens is 516 g/mol. The maximum Gasteiger partial charge on any atom is 0.409 e. The van der Waals surface area contributed by atoms with E-state index in [-0.39, 0.29) is 29.7 Å².